The van der Waals surface area contributed by atoms with Crippen LogP contribution < -0.4 is 10.6 Å². The van der Waals surface area contributed by atoms with Crippen LogP contribution in [0.25, 0.3) is 0 Å². The van der Waals surface area contributed by atoms with Crippen LogP contribution in [0.15, 0.2) is 28.8 Å². The van der Waals surface area contributed by atoms with E-state index in [2.05, 4.69) is 15.8 Å². The maximum absolute atomic E-state index is 12.4. The second kappa shape index (κ2) is 7.61. The first kappa shape index (κ1) is 18.2. The number of carbonyl (C=O) groups excluding carboxylic acids is 2. The maximum atomic E-state index is 12.4. The van der Waals surface area contributed by atoms with Crippen molar-refractivity contribution in [2.75, 3.05) is 5.32 Å². The van der Waals surface area contributed by atoms with E-state index in [9.17, 15) is 14.4 Å². The number of nitrogens with one attached hydrogen (secondary N) is 2. The monoisotopic (exact) mass is 345 g/mol. The van der Waals surface area contributed by atoms with Crippen molar-refractivity contribution in [2.24, 2.45) is 0 Å². The standard InChI is InChI=1S/C17H19N3O5/c1-4-13-14(10(3)25-20-13)16(22)19-12-7-5-11(6-8-12)15(21)18-9(2)17(23)24/h5-9H,4H2,1-3H3,(H,18,21)(H,19,22)(H,23,24). The van der Waals surface area contributed by atoms with Crippen LogP contribution in [0.1, 0.15) is 46.0 Å². The molecule has 8 nitrogen and oxygen atoms in total. The normalized spacial score (nSPS) is 11.6. The molecule has 0 aliphatic rings. The zero-order valence-electron chi connectivity index (χ0n) is 14.1. The SMILES string of the molecule is CCc1noc(C)c1C(=O)Nc1ccc(C(=O)NC(C)C(=O)O)cc1. The molecule has 2 rings (SSSR count). The summed E-state index contributed by atoms with van der Waals surface area (Å²) in [7, 11) is 0. The molecule has 2 amide bonds. The van der Waals surface area contributed by atoms with Crippen molar-refractivity contribution in [1.82, 2.24) is 10.5 Å². The Morgan fingerprint density at radius 1 is 1.20 bits per heavy atom. The molecule has 1 heterocycles. The predicted molar refractivity (Wildman–Crippen MR) is 89.6 cm³/mol. The van der Waals surface area contributed by atoms with Crippen molar-refractivity contribution in [3.05, 3.63) is 46.8 Å². The molecule has 0 radical (unpaired) electrons. The summed E-state index contributed by atoms with van der Waals surface area (Å²) in [6.07, 6.45) is 0.570. The molecule has 8 heteroatoms. The highest BCUT2D eigenvalue weighted by atomic mass is 16.5. The molecule has 0 aliphatic heterocycles. The number of carbonyl (C=O) groups is 3. The zero-order chi connectivity index (χ0) is 18.6. The third-order valence-electron chi connectivity index (χ3n) is 3.62. The number of anilines is 1. The summed E-state index contributed by atoms with van der Waals surface area (Å²) in [6.45, 7) is 4.92. The number of hydrogen-bond acceptors (Lipinski definition) is 5. The first-order valence-electron chi connectivity index (χ1n) is 7.73. The van der Waals surface area contributed by atoms with Gasteiger partial charge in [0.1, 0.15) is 17.4 Å². The van der Waals surface area contributed by atoms with Crippen molar-refractivity contribution in [3.8, 4) is 0 Å². The maximum Gasteiger partial charge on any atom is 0.325 e. The summed E-state index contributed by atoms with van der Waals surface area (Å²) in [4.78, 5) is 35.0. The molecular weight excluding hydrogens is 326 g/mol. The first-order valence-corrected chi connectivity index (χ1v) is 7.73. The van der Waals surface area contributed by atoms with Gasteiger partial charge in [0.25, 0.3) is 11.8 Å². The van der Waals surface area contributed by atoms with Gasteiger partial charge in [-0.05, 0) is 44.5 Å². The highest BCUT2D eigenvalue weighted by molar-refractivity contribution is 6.06. The van der Waals surface area contributed by atoms with E-state index in [0.717, 1.165) is 0 Å². The van der Waals surface area contributed by atoms with E-state index in [0.29, 0.717) is 34.7 Å². The molecule has 0 fully saturated rings. The minimum Gasteiger partial charge on any atom is -0.480 e. The van der Waals surface area contributed by atoms with Crippen molar-refractivity contribution in [1.29, 1.82) is 0 Å². The molecule has 0 saturated heterocycles. The van der Waals surface area contributed by atoms with Crippen LogP contribution in [0.5, 0.6) is 0 Å². The fraction of sp³-hybridized carbons (Fsp3) is 0.294. The number of aliphatic carboxylic acids is 1. The number of aryl methyl sites for hydroxylation is 2. The molecule has 0 aliphatic carbocycles. The Hall–Kier alpha value is -3.16. The van der Waals surface area contributed by atoms with Crippen molar-refractivity contribution >= 4 is 23.5 Å². The van der Waals surface area contributed by atoms with Gasteiger partial charge in [-0.15, -0.1) is 0 Å². The summed E-state index contributed by atoms with van der Waals surface area (Å²) in [5.41, 5.74) is 1.77. The molecule has 2 aromatic rings. The topological polar surface area (TPSA) is 122 Å². The Morgan fingerprint density at radius 3 is 2.40 bits per heavy atom. The lowest BCUT2D eigenvalue weighted by Crippen LogP contribution is -2.38. The van der Waals surface area contributed by atoms with Gasteiger partial charge in [0, 0.05) is 11.3 Å². The third-order valence-corrected chi connectivity index (χ3v) is 3.62. The number of benzene rings is 1. The highest BCUT2D eigenvalue weighted by Gasteiger charge is 2.19. The van der Waals surface area contributed by atoms with E-state index in [1.807, 2.05) is 6.92 Å². The highest BCUT2D eigenvalue weighted by Crippen LogP contribution is 2.17. The third kappa shape index (κ3) is 4.23. The minimum atomic E-state index is -1.12. The summed E-state index contributed by atoms with van der Waals surface area (Å²) >= 11 is 0. The van der Waals surface area contributed by atoms with Crippen LogP contribution >= 0.6 is 0 Å². The largest absolute Gasteiger partial charge is 0.480 e. The average Bonchev–Trinajstić information content (AvgIpc) is 2.96. The number of rotatable bonds is 6. The Bertz CT molecular complexity index is 795. The van der Waals surface area contributed by atoms with E-state index < -0.39 is 17.9 Å². The van der Waals surface area contributed by atoms with E-state index in [4.69, 9.17) is 9.63 Å². The van der Waals surface area contributed by atoms with Gasteiger partial charge in [-0.1, -0.05) is 12.1 Å². The van der Waals surface area contributed by atoms with Gasteiger partial charge in [-0.25, -0.2) is 0 Å². The fourth-order valence-corrected chi connectivity index (χ4v) is 2.19. The van der Waals surface area contributed by atoms with Gasteiger partial charge in [0.05, 0.1) is 5.69 Å². The van der Waals surface area contributed by atoms with Gasteiger partial charge in [0.2, 0.25) is 0 Å². The van der Waals surface area contributed by atoms with Crippen molar-refractivity contribution < 1.29 is 24.0 Å². The Balaban J connectivity index is 2.07. The van der Waals surface area contributed by atoms with Crippen LogP contribution in [0.2, 0.25) is 0 Å². The quantitative estimate of drug-likeness (QED) is 0.736. The summed E-state index contributed by atoms with van der Waals surface area (Å²) < 4.78 is 5.04. The minimum absolute atomic E-state index is 0.293. The zero-order valence-corrected chi connectivity index (χ0v) is 14.1. The van der Waals surface area contributed by atoms with Crippen LogP contribution in [0, 0.1) is 6.92 Å². The van der Waals surface area contributed by atoms with Gasteiger partial charge < -0.3 is 20.3 Å². The summed E-state index contributed by atoms with van der Waals surface area (Å²) in [5, 5.41) is 17.7. The van der Waals surface area contributed by atoms with E-state index in [-0.39, 0.29) is 5.91 Å². The number of nitrogens with zero attached hydrogens (tertiary/aromatic N) is 1. The van der Waals surface area contributed by atoms with Gasteiger partial charge in [-0.2, -0.15) is 0 Å². The molecule has 1 aromatic carbocycles. The van der Waals surface area contributed by atoms with E-state index in [1.54, 1.807) is 19.1 Å². The number of amides is 2. The summed E-state index contributed by atoms with van der Waals surface area (Å²) in [6, 6.07) is 5.14. The van der Waals surface area contributed by atoms with Crippen LogP contribution in [0.4, 0.5) is 5.69 Å². The number of aromatic nitrogens is 1. The smallest absolute Gasteiger partial charge is 0.325 e. The van der Waals surface area contributed by atoms with Gasteiger partial charge in [-0.3, -0.25) is 14.4 Å². The molecule has 0 bridgehead atoms. The number of hydrogen-bond donors (Lipinski definition) is 3. The molecule has 1 atom stereocenters. The number of carboxylic acids is 1. The van der Waals surface area contributed by atoms with Crippen LogP contribution in [-0.2, 0) is 11.2 Å². The second-order valence-corrected chi connectivity index (χ2v) is 5.48. The van der Waals surface area contributed by atoms with Crippen molar-refractivity contribution in [2.45, 2.75) is 33.2 Å². The lowest BCUT2D eigenvalue weighted by molar-refractivity contribution is -0.138. The fourth-order valence-electron chi connectivity index (χ4n) is 2.19. The van der Waals surface area contributed by atoms with Gasteiger partial charge in [0.15, 0.2) is 0 Å². The molecule has 0 spiro atoms. The molecular formula is C17H19N3O5. The predicted octanol–water partition coefficient (Wildman–Crippen LogP) is 2.00. The lowest BCUT2D eigenvalue weighted by Gasteiger charge is -2.10. The molecule has 25 heavy (non-hydrogen) atoms. The van der Waals surface area contributed by atoms with E-state index in [1.165, 1.54) is 19.1 Å². The average molecular weight is 345 g/mol. The molecule has 0 saturated carbocycles. The molecule has 1 unspecified atom stereocenters. The first-order chi connectivity index (χ1) is 11.8. The Morgan fingerprint density at radius 2 is 1.84 bits per heavy atom. The lowest BCUT2D eigenvalue weighted by atomic mass is 10.1. The number of carboxylic acid groups (broad SMARTS) is 1. The van der Waals surface area contributed by atoms with Crippen molar-refractivity contribution in [3.63, 3.8) is 0 Å². The Kier molecular flexibility index (Phi) is 5.53. The van der Waals surface area contributed by atoms with E-state index >= 15 is 0 Å². The summed E-state index contributed by atoms with van der Waals surface area (Å²) in [5.74, 6) is -1.52. The second-order valence-electron chi connectivity index (χ2n) is 5.48. The molecule has 1 aromatic heterocycles. The van der Waals surface area contributed by atoms with Crippen LogP contribution in [-0.4, -0.2) is 34.1 Å². The van der Waals surface area contributed by atoms with Gasteiger partial charge >= 0.3 is 5.97 Å². The van der Waals surface area contributed by atoms with Crippen LogP contribution in [0.3, 0.4) is 0 Å². The molecule has 3 N–H and O–H groups in total. The molecule has 132 valence electrons. The Labute approximate surface area is 144 Å².